The number of fused-ring (bicyclic) bond motifs is 1. The molecule has 0 bridgehead atoms. The first kappa shape index (κ1) is 30.1. The molecule has 1 aliphatic rings. The average Bonchev–Trinajstić information content (AvgIpc) is 3.37. The number of amides is 2. The van der Waals surface area contributed by atoms with E-state index in [4.69, 9.17) is 28.2 Å². The molecule has 4 aromatic rings. The number of hydrogen-bond donors (Lipinski definition) is 2. The predicted octanol–water partition coefficient (Wildman–Crippen LogP) is 4.16. The molecule has 11 nitrogen and oxygen atoms in total. The van der Waals surface area contributed by atoms with Crippen LogP contribution in [-0.2, 0) is 26.6 Å². The molecule has 2 amide bonds. The SMILES string of the molecule is CNC(=O)c1ccc(-n2c(NCc3nnn(C)c3C(F)F)nc3c(c2=O)C[C@@H](C)N(C(=O)c2ccc(Cl)c(Cl)c2)C3)cc1. The van der Waals surface area contributed by atoms with Crippen LogP contribution >= 0.6 is 23.2 Å². The molecule has 1 aliphatic heterocycles. The number of carbonyl (C=O) groups excluding carboxylic acids is 2. The maximum Gasteiger partial charge on any atom is 0.281 e. The van der Waals surface area contributed by atoms with Gasteiger partial charge in [0.05, 0.1) is 34.5 Å². The fourth-order valence-corrected chi connectivity index (χ4v) is 5.25. The van der Waals surface area contributed by atoms with Gasteiger partial charge in [0, 0.05) is 36.8 Å². The van der Waals surface area contributed by atoms with Crippen LogP contribution in [0.1, 0.15) is 56.7 Å². The molecule has 3 heterocycles. The normalized spacial score (nSPS) is 14.5. The fraction of sp³-hybridized carbons (Fsp3) is 0.286. The lowest BCUT2D eigenvalue weighted by Crippen LogP contribution is -2.46. The van der Waals surface area contributed by atoms with Gasteiger partial charge in [0.25, 0.3) is 23.8 Å². The number of aryl methyl sites for hydroxylation is 1. The molecule has 2 aromatic heterocycles. The molecule has 224 valence electrons. The molecular formula is C28H26Cl2F2N8O3. The summed E-state index contributed by atoms with van der Waals surface area (Å²) in [5.41, 5.74) is 1.07. The van der Waals surface area contributed by atoms with Gasteiger partial charge >= 0.3 is 0 Å². The number of nitrogens with zero attached hydrogens (tertiary/aromatic N) is 6. The zero-order valence-electron chi connectivity index (χ0n) is 23.2. The number of halogens is 4. The van der Waals surface area contributed by atoms with Gasteiger partial charge in [0.2, 0.25) is 5.95 Å². The number of benzene rings is 2. The molecule has 0 unspecified atom stereocenters. The highest BCUT2D eigenvalue weighted by molar-refractivity contribution is 6.42. The van der Waals surface area contributed by atoms with Gasteiger partial charge in [-0.05, 0) is 55.8 Å². The third-order valence-electron chi connectivity index (χ3n) is 7.22. The summed E-state index contributed by atoms with van der Waals surface area (Å²) in [4.78, 5) is 45.8. The average molecular weight is 631 g/mol. The quantitative estimate of drug-likeness (QED) is 0.314. The number of carbonyl (C=O) groups is 2. The monoisotopic (exact) mass is 630 g/mol. The minimum absolute atomic E-state index is 0.0172. The Bertz CT molecular complexity index is 1780. The van der Waals surface area contributed by atoms with Crippen molar-refractivity contribution in [2.45, 2.75) is 38.9 Å². The van der Waals surface area contributed by atoms with E-state index in [1.807, 2.05) is 6.92 Å². The summed E-state index contributed by atoms with van der Waals surface area (Å²) in [6.07, 6.45) is -2.61. The summed E-state index contributed by atoms with van der Waals surface area (Å²) in [5.74, 6) is -0.578. The predicted molar refractivity (Wildman–Crippen MR) is 156 cm³/mol. The van der Waals surface area contributed by atoms with Gasteiger partial charge in [-0.3, -0.25) is 14.4 Å². The van der Waals surface area contributed by atoms with Crippen LogP contribution in [0.4, 0.5) is 14.7 Å². The Morgan fingerprint density at radius 2 is 1.79 bits per heavy atom. The maximum absolute atomic E-state index is 14.0. The highest BCUT2D eigenvalue weighted by Gasteiger charge is 2.32. The number of aromatic nitrogens is 5. The van der Waals surface area contributed by atoms with Crippen molar-refractivity contribution in [1.82, 2.24) is 34.8 Å². The van der Waals surface area contributed by atoms with E-state index >= 15 is 0 Å². The van der Waals surface area contributed by atoms with E-state index in [2.05, 4.69) is 20.9 Å². The van der Waals surface area contributed by atoms with E-state index in [0.29, 0.717) is 33.1 Å². The van der Waals surface area contributed by atoms with Crippen molar-refractivity contribution in [2.24, 2.45) is 7.05 Å². The Balaban J connectivity index is 1.56. The highest BCUT2D eigenvalue weighted by Crippen LogP contribution is 2.28. The molecule has 2 N–H and O–H groups in total. The Labute approximate surface area is 254 Å². The molecule has 2 aromatic carbocycles. The Kier molecular flexibility index (Phi) is 8.47. The topological polar surface area (TPSA) is 127 Å². The van der Waals surface area contributed by atoms with Gasteiger partial charge in [-0.15, -0.1) is 5.10 Å². The van der Waals surface area contributed by atoms with E-state index in [9.17, 15) is 23.2 Å². The van der Waals surface area contributed by atoms with Crippen molar-refractivity contribution in [3.8, 4) is 5.69 Å². The number of alkyl halides is 2. The van der Waals surface area contributed by atoms with Gasteiger partial charge in [0.1, 0.15) is 11.4 Å². The van der Waals surface area contributed by atoms with Crippen LogP contribution in [0.15, 0.2) is 47.3 Å². The summed E-state index contributed by atoms with van der Waals surface area (Å²) in [6.45, 7) is 1.63. The Hall–Kier alpha value is -4.36. The van der Waals surface area contributed by atoms with Crippen molar-refractivity contribution >= 4 is 41.0 Å². The second kappa shape index (κ2) is 12.1. The number of anilines is 1. The Morgan fingerprint density at radius 1 is 1.09 bits per heavy atom. The molecule has 0 spiro atoms. The first-order valence-electron chi connectivity index (χ1n) is 13.1. The molecule has 0 saturated heterocycles. The van der Waals surface area contributed by atoms with E-state index < -0.39 is 12.0 Å². The van der Waals surface area contributed by atoms with Gasteiger partial charge < -0.3 is 15.5 Å². The van der Waals surface area contributed by atoms with Crippen LogP contribution in [0.25, 0.3) is 5.69 Å². The van der Waals surface area contributed by atoms with Gasteiger partial charge in [0.15, 0.2) is 0 Å². The molecule has 1 atom stereocenters. The molecule has 0 saturated carbocycles. The van der Waals surface area contributed by atoms with E-state index in [-0.39, 0.29) is 59.7 Å². The highest BCUT2D eigenvalue weighted by atomic mass is 35.5. The second-order valence-electron chi connectivity index (χ2n) is 9.94. The van der Waals surface area contributed by atoms with Crippen molar-refractivity contribution < 1.29 is 18.4 Å². The van der Waals surface area contributed by atoms with Gasteiger partial charge in [-0.2, -0.15) is 0 Å². The smallest absolute Gasteiger partial charge is 0.281 e. The lowest BCUT2D eigenvalue weighted by atomic mass is 9.98. The van der Waals surface area contributed by atoms with Crippen molar-refractivity contribution in [1.29, 1.82) is 0 Å². The van der Waals surface area contributed by atoms with Crippen LogP contribution in [0.2, 0.25) is 10.0 Å². The summed E-state index contributed by atoms with van der Waals surface area (Å²) < 4.78 is 29.6. The van der Waals surface area contributed by atoms with Crippen molar-refractivity contribution in [3.05, 3.63) is 96.6 Å². The second-order valence-corrected chi connectivity index (χ2v) is 10.8. The van der Waals surface area contributed by atoms with Crippen LogP contribution in [0.3, 0.4) is 0 Å². The summed E-state index contributed by atoms with van der Waals surface area (Å²) in [5, 5.41) is 13.6. The molecule has 0 aliphatic carbocycles. The lowest BCUT2D eigenvalue weighted by Gasteiger charge is -2.34. The summed E-state index contributed by atoms with van der Waals surface area (Å²) in [6, 6.07) is 10.5. The van der Waals surface area contributed by atoms with Crippen molar-refractivity contribution in [2.75, 3.05) is 12.4 Å². The van der Waals surface area contributed by atoms with Crippen molar-refractivity contribution in [3.63, 3.8) is 0 Å². The van der Waals surface area contributed by atoms with E-state index in [1.165, 1.54) is 30.8 Å². The fourth-order valence-electron chi connectivity index (χ4n) is 4.95. The molecule has 15 heteroatoms. The van der Waals surface area contributed by atoms with E-state index in [0.717, 1.165) is 4.68 Å². The first-order valence-corrected chi connectivity index (χ1v) is 13.9. The third-order valence-corrected chi connectivity index (χ3v) is 7.96. The number of nitrogens with one attached hydrogen (secondary N) is 2. The largest absolute Gasteiger partial charge is 0.355 e. The number of rotatable bonds is 7. The minimum Gasteiger partial charge on any atom is -0.355 e. The maximum atomic E-state index is 14.0. The molecular weight excluding hydrogens is 605 g/mol. The molecule has 43 heavy (non-hydrogen) atoms. The lowest BCUT2D eigenvalue weighted by molar-refractivity contribution is 0.0653. The number of hydrogen-bond acceptors (Lipinski definition) is 7. The van der Waals surface area contributed by atoms with Crippen LogP contribution in [-0.4, -0.2) is 54.3 Å². The zero-order valence-corrected chi connectivity index (χ0v) is 24.7. The van der Waals surface area contributed by atoms with Crippen LogP contribution in [0.5, 0.6) is 0 Å². The summed E-state index contributed by atoms with van der Waals surface area (Å²) in [7, 11) is 2.87. The zero-order chi connectivity index (χ0) is 31.0. The van der Waals surface area contributed by atoms with Crippen LogP contribution in [0, 0.1) is 0 Å². The minimum atomic E-state index is -2.82. The van der Waals surface area contributed by atoms with Gasteiger partial charge in [-0.1, -0.05) is 28.4 Å². The van der Waals surface area contributed by atoms with E-state index in [1.54, 1.807) is 35.2 Å². The first-order chi connectivity index (χ1) is 20.5. The summed E-state index contributed by atoms with van der Waals surface area (Å²) >= 11 is 12.2. The molecule has 0 radical (unpaired) electrons. The standard InChI is InChI=1S/C28H26Cl2F2N8O3/c1-14-10-18-22(13-39(14)26(42)16-6-9-19(29)20(30)11-16)35-28(34-12-21-23(24(31)32)38(3)37-36-21)40(27(18)43)17-7-4-15(5-8-17)25(41)33-2/h4-9,11,14,24H,10,12-13H2,1-3H3,(H,33,41)(H,34,35)/t14-/m1/s1. The molecule has 5 rings (SSSR count). The molecule has 0 fully saturated rings. The third kappa shape index (κ3) is 5.82. The Morgan fingerprint density at radius 3 is 2.44 bits per heavy atom. The van der Waals surface area contributed by atoms with Crippen LogP contribution < -0.4 is 16.2 Å². The van der Waals surface area contributed by atoms with Gasteiger partial charge in [-0.25, -0.2) is 23.0 Å².